The molecule has 0 saturated carbocycles. The van der Waals surface area contributed by atoms with Crippen molar-refractivity contribution in [3.8, 4) is 0 Å². The van der Waals surface area contributed by atoms with E-state index in [-0.39, 0.29) is 31.8 Å². The molecule has 88 valence electrons. The first-order valence-electron chi connectivity index (χ1n) is 4.90. The third-order valence-corrected chi connectivity index (χ3v) is 4.18. The predicted octanol–water partition coefficient (Wildman–Crippen LogP) is 3.38. The number of carbonyl (C=O) groups excluding carboxylic acids is 1. The lowest BCUT2D eigenvalue weighted by atomic mass is 10.1. The van der Waals surface area contributed by atoms with Gasteiger partial charge in [-0.1, -0.05) is 0 Å². The maximum absolute atomic E-state index is 12.9. The van der Waals surface area contributed by atoms with Gasteiger partial charge in [0, 0.05) is 25.9 Å². The molecule has 1 amide bonds. The molecule has 0 unspecified atom stereocenters. The van der Waals surface area contributed by atoms with Gasteiger partial charge >= 0.3 is 0 Å². The highest BCUT2D eigenvalue weighted by atomic mass is 79.9. The first-order valence-corrected chi connectivity index (χ1v) is 6.51. The van der Waals surface area contributed by atoms with Gasteiger partial charge in [0.2, 0.25) is 0 Å². The minimum Gasteiger partial charge on any atom is -0.338 e. The van der Waals surface area contributed by atoms with Crippen LogP contribution in [-0.2, 0) is 0 Å². The molecule has 0 atom stereocenters. The largest absolute Gasteiger partial charge is 0.338 e. The van der Waals surface area contributed by atoms with Crippen LogP contribution in [0.5, 0.6) is 0 Å². The Bertz CT molecular complexity index is 397. The quantitative estimate of drug-likeness (QED) is 0.779. The normalized spacial score (nSPS) is 19.8. The van der Waals surface area contributed by atoms with E-state index in [1.165, 1.54) is 16.2 Å². The van der Waals surface area contributed by atoms with Crippen LogP contribution in [0.25, 0.3) is 0 Å². The predicted molar refractivity (Wildman–Crippen MR) is 62.1 cm³/mol. The van der Waals surface area contributed by atoms with Gasteiger partial charge in [-0.3, -0.25) is 4.79 Å². The van der Waals surface area contributed by atoms with Gasteiger partial charge < -0.3 is 4.90 Å². The van der Waals surface area contributed by atoms with Crippen LogP contribution in [0, 0.1) is 0 Å². The van der Waals surface area contributed by atoms with E-state index in [1.807, 2.05) is 0 Å². The summed E-state index contributed by atoms with van der Waals surface area (Å²) in [5, 5.41) is 0. The summed E-state index contributed by atoms with van der Waals surface area (Å²) < 4.78 is 26.7. The van der Waals surface area contributed by atoms with Gasteiger partial charge in [0.05, 0.1) is 8.66 Å². The fourth-order valence-corrected chi connectivity index (χ4v) is 2.98. The van der Waals surface area contributed by atoms with Gasteiger partial charge in [-0.25, -0.2) is 8.78 Å². The molecule has 2 rings (SSSR count). The SMILES string of the molecule is O=C(c1ccc(Br)s1)N1CCC(F)(F)CC1. The Hall–Kier alpha value is -0.490. The smallest absolute Gasteiger partial charge is 0.263 e. The number of halogens is 3. The van der Waals surface area contributed by atoms with Gasteiger partial charge in [0.1, 0.15) is 0 Å². The van der Waals surface area contributed by atoms with E-state index >= 15 is 0 Å². The van der Waals surface area contributed by atoms with Gasteiger partial charge in [-0.15, -0.1) is 11.3 Å². The number of likely N-dealkylation sites (tertiary alicyclic amines) is 1. The Balaban J connectivity index is 2.02. The molecule has 0 N–H and O–H groups in total. The van der Waals surface area contributed by atoms with Crippen molar-refractivity contribution in [3.63, 3.8) is 0 Å². The molecule has 6 heteroatoms. The summed E-state index contributed by atoms with van der Waals surface area (Å²) >= 11 is 4.60. The molecule has 0 spiro atoms. The molecular formula is C10H10BrF2NOS. The summed E-state index contributed by atoms with van der Waals surface area (Å²) in [6, 6.07) is 3.50. The van der Waals surface area contributed by atoms with Crippen LogP contribution in [0.2, 0.25) is 0 Å². The standard InChI is InChI=1S/C10H10BrF2NOS/c11-8-2-1-7(16-8)9(15)14-5-3-10(12,13)4-6-14/h1-2H,3-6H2. The van der Waals surface area contributed by atoms with Gasteiger partial charge in [0.25, 0.3) is 11.8 Å². The number of amides is 1. The number of thiophene rings is 1. The van der Waals surface area contributed by atoms with Crippen LogP contribution in [-0.4, -0.2) is 29.8 Å². The topological polar surface area (TPSA) is 20.3 Å². The molecule has 0 aromatic carbocycles. The highest BCUT2D eigenvalue weighted by Gasteiger charge is 2.35. The van der Waals surface area contributed by atoms with Crippen molar-refractivity contribution in [1.29, 1.82) is 0 Å². The number of carbonyl (C=O) groups is 1. The van der Waals surface area contributed by atoms with E-state index in [1.54, 1.807) is 12.1 Å². The minimum absolute atomic E-state index is 0.140. The molecule has 16 heavy (non-hydrogen) atoms. The lowest BCUT2D eigenvalue weighted by Crippen LogP contribution is -2.42. The highest BCUT2D eigenvalue weighted by molar-refractivity contribution is 9.11. The Morgan fingerprint density at radius 2 is 2.00 bits per heavy atom. The van der Waals surface area contributed by atoms with Crippen LogP contribution < -0.4 is 0 Å². The fourth-order valence-electron chi connectivity index (χ4n) is 1.62. The Kier molecular flexibility index (Phi) is 3.30. The zero-order chi connectivity index (χ0) is 11.8. The summed E-state index contributed by atoms with van der Waals surface area (Å²) in [5.41, 5.74) is 0. The maximum atomic E-state index is 12.9. The molecule has 1 saturated heterocycles. The van der Waals surface area contributed by atoms with Crippen LogP contribution in [0.3, 0.4) is 0 Å². The number of piperidine rings is 1. The molecule has 0 aliphatic carbocycles. The maximum Gasteiger partial charge on any atom is 0.263 e. The molecule has 1 aliphatic rings. The van der Waals surface area contributed by atoms with E-state index in [4.69, 9.17) is 0 Å². The molecule has 2 nitrogen and oxygen atoms in total. The van der Waals surface area contributed by atoms with E-state index in [0.29, 0.717) is 4.88 Å². The molecule has 1 aliphatic heterocycles. The van der Waals surface area contributed by atoms with Crippen molar-refractivity contribution in [2.75, 3.05) is 13.1 Å². The van der Waals surface area contributed by atoms with Gasteiger partial charge in [-0.2, -0.15) is 0 Å². The highest BCUT2D eigenvalue weighted by Crippen LogP contribution is 2.30. The third kappa shape index (κ3) is 2.60. The minimum atomic E-state index is -2.60. The summed E-state index contributed by atoms with van der Waals surface area (Å²) in [6.45, 7) is 0.280. The zero-order valence-corrected chi connectivity index (χ0v) is 10.8. The van der Waals surface area contributed by atoms with Crippen LogP contribution in [0.15, 0.2) is 15.9 Å². The van der Waals surface area contributed by atoms with Crippen molar-refractivity contribution in [3.05, 3.63) is 20.8 Å². The van der Waals surface area contributed by atoms with Crippen molar-refractivity contribution in [1.82, 2.24) is 4.90 Å². The second-order valence-electron chi connectivity index (χ2n) is 3.75. The first-order chi connectivity index (χ1) is 7.48. The number of nitrogens with zero attached hydrogens (tertiary/aromatic N) is 1. The zero-order valence-electron chi connectivity index (χ0n) is 8.38. The van der Waals surface area contributed by atoms with Crippen molar-refractivity contribution < 1.29 is 13.6 Å². The Morgan fingerprint density at radius 1 is 1.38 bits per heavy atom. The fraction of sp³-hybridized carbons (Fsp3) is 0.500. The van der Waals surface area contributed by atoms with Gasteiger partial charge in [-0.05, 0) is 28.1 Å². The third-order valence-electron chi connectivity index (χ3n) is 2.57. The van der Waals surface area contributed by atoms with E-state index in [0.717, 1.165) is 3.79 Å². The molecule has 1 aromatic rings. The molecule has 1 fully saturated rings. The molecule has 2 heterocycles. The van der Waals surface area contributed by atoms with E-state index in [2.05, 4.69) is 15.9 Å². The summed E-state index contributed by atoms with van der Waals surface area (Å²) in [7, 11) is 0. The van der Waals surface area contributed by atoms with Crippen molar-refractivity contribution >= 4 is 33.2 Å². The first kappa shape index (κ1) is 12.0. The average Bonchev–Trinajstić information content (AvgIpc) is 2.64. The number of hydrogen-bond acceptors (Lipinski definition) is 2. The summed E-state index contributed by atoms with van der Waals surface area (Å²) in [6.07, 6.45) is -0.462. The lowest BCUT2D eigenvalue weighted by Gasteiger charge is -2.31. The van der Waals surface area contributed by atoms with Crippen molar-refractivity contribution in [2.24, 2.45) is 0 Å². The van der Waals surface area contributed by atoms with Gasteiger partial charge in [0.15, 0.2) is 0 Å². The molecule has 0 radical (unpaired) electrons. The second-order valence-corrected chi connectivity index (χ2v) is 6.21. The number of alkyl halides is 2. The summed E-state index contributed by atoms with van der Waals surface area (Å²) in [4.78, 5) is 14.0. The molecular weight excluding hydrogens is 300 g/mol. The van der Waals surface area contributed by atoms with Crippen LogP contribution >= 0.6 is 27.3 Å². The van der Waals surface area contributed by atoms with Crippen LogP contribution in [0.4, 0.5) is 8.78 Å². The number of rotatable bonds is 1. The monoisotopic (exact) mass is 309 g/mol. The average molecular weight is 310 g/mol. The molecule has 1 aromatic heterocycles. The summed E-state index contributed by atoms with van der Waals surface area (Å²) in [5.74, 6) is -2.75. The molecule has 0 bridgehead atoms. The van der Waals surface area contributed by atoms with Crippen molar-refractivity contribution in [2.45, 2.75) is 18.8 Å². The Labute approximate surface area is 104 Å². The van der Waals surface area contributed by atoms with Crippen LogP contribution in [0.1, 0.15) is 22.5 Å². The number of hydrogen-bond donors (Lipinski definition) is 0. The Morgan fingerprint density at radius 3 is 2.50 bits per heavy atom. The van der Waals surface area contributed by atoms with E-state index in [9.17, 15) is 13.6 Å². The second kappa shape index (κ2) is 4.41. The van der Waals surface area contributed by atoms with E-state index < -0.39 is 5.92 Å². The lowest BCUT2D eigenvalue weighted by molar-refractivity contribution is -0.0493.